The summed E-state index contributed by atoms with van der Waals surface area (Å²) in [5, 5.41) is 15.0. The molecule has 0 radical (unpaired) electrons. The lowest BCUT2D eigenvalue weighted by Gasteiger charge is -2.19. The number of aromatic nitrogens is 1. The van der Waals surface area contributed by atoms with Crippen LogP contribution in [0.5, 0.6) is 0 Å². The van der Waals surface area contributed by atoms with Crippen molar-refractivity contribution in [3.63, 3.8) is 0 Å². The van der Waals surface area contributed by atoms with E-state index in [1.54, 1.807) is 19.1 Å². The van der Waals surface area contributed by atoms with E-state index in [4.69, 9.17) is 16.7 Å². The van der Waals surface area contributed by atoms with Gasteiger partial charge in [-0.3, -0.25) is 9.78 Å². The molecule has 3 N–H and O–H groups in total. The fourth-order valence-corrected chi connectivity index (χ4v) is 3.01. The SMILES string of the molecule is C[C@@H]1/C=C/C[C@H](NC(=O)O)c2cccc(c2)-c2ncc(Cl)cc2NC1=O. The molecule has 2 amide bonds. The van der Waals surface area contributed by atoms with Gasteiger partial charge in [0.1, 0.15) is 0 Å². The summed E-state index contributed by atoms with van der Waals surface area (Å²) in [7, 11) is 0. The summed E-state index contributed by atoms with van der Waals surface area (Å²) in [6.45, 7) is 1.77. The van der Waals surface area contributed by atoms with Crippen LogP contribution in [0.15, 0.2) is 48.7 Å². The number of carboxylic acid groups (broad SMARTS) is 1. The van der Waals surface area contributed by atoms with Gasteiger partial charge in [0.2, 0.25) is 5.91 Å². The molecule has 0 saturated heterocycles. The molecule has 1 aliphatic rings. The third-order valence-electron chi connectivity index (χ3n) is 4.18. The Hall–Kier alpha value is -2.86. The molecule has 2 bridgehead atoms. The van der Waals surface area contributed by atoms with Gasteiger partial charge in [0.05, 0.1) is 28.4 Å². The first-order valence-corrected chi connectivity index (χ1v) is 8.54. The van der Waals surface area contributed by atoms with Crippen molar-refractivity contribution >= 4 is 29.3 Å². The van der Waals surface area contributed by atoms with Crippen LogP contribution in [0.1, 0.15) is 24.9 Å². The summed E-state index contributed by atoms with van der Waals surface area (Å²) in [5.41, 5.74) is 2.68. The van der Waals surface area contributed by atoms with Gasteiger partial charge in [-0.2, -0.15) is 0 Å². The minimum Gasteiger partial charge on any atom is -0.465 e. The Labute approximate surface area is 155 Å². The van der Waals surface area contributed by atoms with Crippen molar-refractivity contribution < 1.29 is 14.7 Å². The van der Waals surface area contributed by atoms with E-state index in [-0.39, 0.29) is 11.8 Å². The van der Waals surface area contributed by atoms with Gasteiger partial charge in [-0.1, -0.05) is 48.9 Å². The van der Waals surface area contributed by atoms with Gasteiger partial charge in [-0.25, -0.2) is 4.79 Å². The summed E-state index contributed by atoms with van der Waals surface area (Å²) >= 11 is 6.05. The first-order chi connectivity index (χ1) is 12.4. The lowest BCUT2D eigenvalue weighted by atomic mass is 9.97. The van der Waals surface area contributed by atoms with Gasteiger partial charge < -0.3 is 15.7 Å². The van der Waals surface area contributed by atoms with Crippen LogP contribution < -0.4 is 10.6 Å². The van der Waals surface area contributed by atoms with Crippen molar-refractivity contribution in [1.82, 2.24) is 10.3 Å². The smallest absolute Gasteiger partial charge is 0.405 e. The quantitative estimate of drug-likeness (QED) is 0.653. The third-order valence-corrected chi connectivity index (χ3v) is 4.39. The summed E-state index contributed by atoms with van der Waals surface area (Å²) in [5.74, 6) is -0.573. The average Bonchev–Trinajstić information content (AvgIpc) is 2.60. The largest absolute Gasteiger partial charge is 0.465 e. The van der Waals surface area contributed by atoms with Crippen LogP contribution in [-0.2, 0) is 4.79 Å². The number of hydrogen-bond acceptors (Lipinski definition) is 3. The van der Waals surface area contributed by atoms with Crippen LogP contribution in [-0.4, -0.2) is 22.1 Å². The lowest BCUT2D eigenvalue weighted by Crippen LogP contribution is -2.26. The number of rotatable bonds is 1. The average molecular weight is 372 g/mol. The van der Waals surface area contributed by atoms with E-state index in [9.17, 15) is 9.59 Å². The summed E-state index contributed by atoms with van der Waals surface area (Å²) in [4.78, 5) is 28.0. The Morgan fingerprint density at radius 3 is 2.96 bits per heavy atom. The highest BCUT2D eigenvalue weighted by molar-refractivity contribution is 6.31. The number of fused-ring (bicyclic) bond motifs is 4. The van der Waals surface area contributed by atoms with Gasteiger partial charge in [-0.05, 0) is 24.1 Å². The van der Waals surface area contributed by atoms with Gasteiger partial charge in [0.25, 0.3) is 0 Å². The molecule has 0 unspecified atom stereocenters. The number of hydrogen-bond donors (Lipinski definition) is 3. The molecule has 2 heterocycles. The molecule has 1 aromatic heterocycles. The number of carbonyl (C=O) groups is 2. The minimum atomic E-state index is -1.10. The third kappa shape index (κ3) is 4.03. The molecular formula is C19H18ClN3O3. The standard InChI is InChI=1S/C19H18ClN3O3/c1-11-4-2-7-15(23-19(25)26)12-5-3-6-13(8-12)17-16(22-18(11)24)9-14(20)10-21-17/h2-6,8-11,15,23H,7H2,1H3,(H,22,24)(H,25,26)/b4-2+/t11-,15+/m1/s1. The maximum atomic E-state index is 12.4. The molecule has 6 nitrogen and oxygen atoms in total. The van der Waals surface area contributed by atoms with E-state index in [0.29, 0.717) is 22.8 Å². The van der Waals surface area contributed by atoms with Crippen LogP contribution in [0.2, 0.25) is 5.02 Å². The Balaban J connectivity index is 2.14. The lowest BCUT2D eigenvalue weighted by molar-refractivity contribution is -0.118. The highest BCUT2D eigenvalue weighted by Gasteiger charge is 2.19. The molecule has 0 spiro atoms. The zero-order valence-electron chi connectivity index (χ0n) is 14.1. The number of halogens is 1. The molecule has 134 valence electrons. The summed E-state index contributed by atoms with van der Waals surface area (Å²) in [6.07, 6.45) is 4.43. The Kier molecular flexibility index (Phi) is 5.23. The molecule has 2 aromatic rings. The monoisotopic (exact) mass is 371 g/mol. The van der Waals surface area contributed by atoms with E-state index >= 15 is 0 Å². The molecule has 7 heteroatoms. The summed E-state index contributed by atoms with van der Waals surface area (Å²) < 4.78 is 0. The number of pyridine rings is 1. The predicted octanol–water partition coefficient (Wildman–Crippen LogP) is 4.25. The van der Waals surface area contributed by atoms with Crippen LogP contribution in [0, 0.1) is 5.92 Å². The summed E-state index contributed by atoms with van der Waals surface area (Å²) in [6, 6.07) is 8.66. The van der Waals surface area contributed by atoms with Crippen molar-refractivity contribution in [3.05, 3.63) is 59.3 Å². The molecule has 26 heavy (non-hydrogen) atoms. The fourth-order valence-electron chi connectivity index (χ4n) is 2.85. The van der Waals surface area contributed by atoms with E-state index < -0.39 is 12.1 Å². The fraction of sp³-hybridized carbons (Fsp3) is 0.211. The second kappa shape index (κ2) is 7.58. The van der Waals surface area contributed by atoms with Gasteiger partial charge in [-0.15, -0.1) is 0 Å². The number of carbonyl (C=O) groups excluding carboxylic acids is 1. The van der Waals surface area contributed by atoms with Crippen molar-refractivity contribution in [1.29, 1.82) is 0 Å². The number of nitrogens with zero attached hydrogens (tertiary/aromatic N) is 1. The maximum Gasteiger partial charge on any atom is 0.405 e. The molecule has 0 fully saturated rings. The van der Waals surface area contributed by atoms with Crippen LogP contribution in [0.3, 0.4) is 0 Å². The van der Waals surface area contributed by atoms with Crippen LogP contribution >= 0.6 is 11.6 Å². The molecule has 2 atom stereocenters. The Bertz CT molecular complexity index is 882. The first-order valence-electron chi connectivity index (χ1n) is 8.17. The highest BCUT2D eigenvalue weighted by atomic mass is 35.5. The molecule has 3 rings (SSSR count). The minimum absolute atomic E-state index is 0.189. The van der Waals surface area contributed by atoms with Crippen molar-refractivity contribution in [2.75, 3.05) is 5.32 Å². The molecule has 1 aromatic carbocycles. The number of benzene rings is 1. The Morgan fingerprint density at radius 2 is 2.19 bits per heavy atom. The maximum absolute atomic E-state index is 12.4. The van der Waals surface area contributed by atoms with Gasteiger partial charge >= 0.3 is 6.09 Å². The molecule has 0 aliphatic carbocycles. The number of nitrogens with one attached hydrogen (secondary N) is 2. The van der Waals surface area contributed by atoms with E-state index in [1.807, 2.05) is 30.3 Å². The van der Waals surface area contributed by atoms with Crippen LogP contribution in [0.25, 0.3) is 11.3 Å². The number of anilines is 1. The van der Waals surface area contributed by atoms with Gasteiger partial charge in [0, 0.05) is 11.8 Å². The van der Waals surface area contributed by atoms with Crippen molar-refractivity contribution in [3.8, 4) is 11.3 Å². The number of amides is 2. The molecule has 0 saturated carbocycles. The second-order valence-corrected chi connectivity index (χ2v) is 6.56. The topological polar surface area (TPSA) is 91.3 Å². The van der Waals surface area contributed by atoms with E-state index in [2.05, 4.69) is 15.6 Å². The predicted molar refractivity (Wildman–Crippen MR) is 100 cm³/mol. The normalized spacial score (nSPS) is 20.8. The first kappa shape index (κ1) is 17.9. The molecule has 1 aliphatic heterocycles. The molecular weight excluding hydrogens is 354 g/mol. The zero-order chi connectivity index (χ0) is 18.7. The Morgan fingerprint density at radius 1 is 1.38 bits per heavy atom. The van der Waals surface area contributed by atoms with E-state index in [0.717, 1.165) is 11.1 Å². The van der Waals surface area contributed by atoms with E-state index in [1.165, 1.54) is 6.20 Å². The second-order valence-electron chi connectivity index (χ2n) is 6.12. The highest BCUT2D eigenvalue weighted by Crippen LogP contribution is 2.31. The van der Waals surface area contributed by atoms with Crippen molar-refractivity contribution in [2.45, 2.75) is 19.4 Å². The van der Waals surface area contributed by atoms with Gasteiger partial charge in [0.15, 0.2) is 0 Å². The zero-order valence-corrected chi connectivity index (χ0v) is 14.8. The van der Waals surface area contributed by atoms with Crippen LogP contribution in [0.4, 0.5) is 10.5 Å². The van der Waals surface area contributed by atoms with Crippen molar-refractivity contribution in [2.24, 2.45) is 5.92 Å².